The maximum absolute atomic E-state index is 12.0. The molecule has 1 aromatic rings. The standard InChI is InChI=1S/C14H18Cl2N2OS/c1-17(2)6-3-7-18-13(19)9-20-14(18)11-5-4-10(15)8-12(11)16/h4-5,8,14H,3,6-7,9H2,1-2H3/t14-/m0/s1. The van der Waals surface area contributed by atoms with E-state index in [0.29, 0.717) is 15.8 Å². The van der Waals surface area contributed by atoms with Crippen molar-refractivity contribution in [2.24, 2.45) is 0 Å². The Labute approximate surface area is 134 Å². The van der Waals surface area contributed by atoms with Crippen molar-refractivity contribution in [1.82, 2.24) is 9.80 Å². The van der Waals surface area contributed by atoms with Crippen molar-refractivity contribution in [3.63, 3.8) is 0 Å². The third kappa shape index (κ3) is 3.82. The van der Waals surface area contributed by atoms with Gasteiger partial charge >= 0.3 is 0 Å². The normalized spacial score (nSPS) is 19.1. The summed E-state index contributed by atoms with van der Waals surface area (Å²) >= 11 is 13.8. The molecule has 20 heavy (non-hydrogen) atoms. The third-order valence-corrected chi connectivity index (χ3v) is 5.00. The summed E-state index contributed by atoms with van der Waals surface area (Å²) in [5.74, 6) is 0.704. The van der Waals surface area contributed by atoms with Gasteiger partial charge in [0.2, 0.25) is 5.91 Å². The first-order valence-corrected chi connectivity index (χ1v) is 8.30. The Morgan fingerprint density at radius 3 is 2.80 bits per heavy atom. The number of benzene rings is 1. The van der Waals surface area contributed by atoms with Gasteiger partial charge in [-0.05, 0) is 39.2 Å². The summed E-state index contributed by atoms with van der Waals surface area (Å²) in [7, 11) is 4.07. The topological polar surface area (TPSA) is 23.6 Å². The highest BCUT2D eigenvalue weighted by Crippen LogP contribution is 2.42. The highest BCUT2D eigenvalue weighted by atomic mass is 35.5. The molecule has 1 aliphatic heterocycles. The van der Waals surface area contributed by atoms with Crippen molar-refractivity contribution >= 4 is 40.9 Å². The minimum Gasteiger partial charge on any atom is -0.326 e. The van der Waals surface area contributed by atoms with Crippen LogP contribution in [-0.4, -0.2) is 48.6 Å². The number of carbonyl (C=O) groups is 1. The Hall–Kier alpha value is -0.420. The Kier molecular flexibility index (Phi) is 5.61. The van der Waals surface area contributed by atoms with E-state index in [0.717, 1.165) is 25.1 Å². The Morgan fingerprint density at radius 2 is 2.15 bits per heavy atom. The molecule has 0 radical (unpaired) electrons. The van der Waals surface area contributed by atoms with Crippen LogP contribution in [0.2, 0.25) is 10.0 Å². The molecule has 1 fully saturated rings. The first-order chi connectivity index (χ1) is 9.49. The minimum absolute atomic E-state index is 0.00873. The lowest BCUT2D eigenvalue weighted by Crippen LogP contribution is -2.31. The van der Waals surface area contributed by atoms with E-state index < -0.39 is 0 Å². The molecular weight excluding hydrogens is 315 g/mol. The SMILES string of the molecule is CN(C)CCCN1C(=O)CS[C@H]1c1ccc(Cl)cc1Cl. The second-order valence-corrected chi connectivity index (χ2v) is 6.99. The zero-order valence-electron chi connectivity index (χ0n) is 11.6. The molecule has 0 saturated carbocycles. The Bertz CT molecular complexity index is 496. The zero-order chi connectivity index (χ0) is 14.7. The molecule has 1 heterocycles. The van der Waals surface area contributed by atoms with Crippen molar-refractivity contribution < 1.29 is 4.79 Å². The first kappa shape index (κ1) is 16.0. The van der Waals surface area contributed by atoms with Gasteiger partial charge < -0.3 is 9.80 Å². The summed E-state index contributed by atoms with van der Waals surface area (Å²) in [6.45, 7) is 1.73. The first-order valence-electron chi connectivity index (χ1n) is 6.50. The van der Waals surface area contributed by atoms with Crippen molar-refractivity contribution in [2.45, 2.75) is 11.8 Å². The van der Waals surface area contributed by atoms with Crippen LogP contribution in [0.25, 0.3) is 0 Å². The predicted molar refractivity (Wildman–Crippen MR) is 86.5 cm³/mol. The van der Waals surface area contributed by atoms with Gasteiger partial charge in [0.05, 0.1) is 5.75 Å². The summed E-state index contributed by atoms with van der Waals surface area (Å²) < 4.78 is 0. The molecule has 1 aliphatic rings. The van der Waals surface area contributed by atoms with Crippen LogP contribution in [0.4, 0.5) is 0 Å². The molecule has 110 valence electrons. The van der Waals surface area contributed by atoms with E-state index in [4.69, 9.17) is 23.2 Å². The fourth-order valence-electron chi connectivity index (χ4n) is 2.21. The van der Waals surface area contributed by atoms with Crippen LogP contribution >= 0.6 is 35.0 Å². The van der Waals surface area contributed by atoms with Crippen LogP contribution in [0.3, 0.4) is 0 Å². The van der Waals surface area contributed by atoms with Crippen molar-refractivity contribution in [3.8, 4) is 0 Å². The van der Waals surface area contributed by atoms with E-state index in [1.807, 2.05) is 31.1 Å². The zero-order valence-corrected chi connectivity index (χ0v) is 13.9. The van der Waals surface area contributed by atoms with Gasteiger partial charge in [-0.25, -0.2) is 0 Å². The lowest BCUT2D eigenvalue weighted by Gasteiger charge is -2.25. The molecule has 1 aromatic carbocycles. The molecular formula is C14H18Cl2N2OS. The summed E-state index contributed by atoms with van der Waals surface area (Å²) in [6, 6.07) is 5.48. The van der Waals surface area contributed by atoms with Crippen molar-refractivity contribution in [1.29, 1.82) is 0 Å². The van der Waals surface area contributed by atoms with Crippen LogP contribution in [0, 0.1) is 0 Å². The van der Waals surface area contributed by atoms with E-state index in [2.05, 4.69) is 4.90 Å². The number of nitrogens with zero attached hydrogens (tertiary/aromatic N) is 2. The van der Waals surface area contributed by atoms with Gasteiger partial charge in [-0.1, -0.05) is 29.3 Å². The van der Waals surface area contributed by atoms with Crippen LogP contribution in [0.5, 0.6) is 0 Å². The lowest BCUT2D eigenvalue weighted by atomic mass is 10.2. The number of hydrogen-bond donors (Lipinski definition) is 0. The summed E-state index contributed by atoms with van der Waals surface area (Å²) in [5.41, 5.74) is 0.969. The van der Waals surface area contributed by atoms with Gasteiger partial charge in [-0.2, -0.15) is 0 Å². The average Bonchev–Trinajstić information content (AvgIpc) is 2.71. The molecule has 1 amide bonds. The van der Waals surface area contributed by atoms with E-state index in [-0.39, 0.29) is 11.3 Å². The van der Waals surface area contributed by atoms with Crippen LogP contribution in [0.15, 0.2) is 18.2 Å². The van der Waals surface area contributed by atoms with Gasteiger partial charge in [0.1, 0.15) is 5.37 Å². The molecule has 0 spiro atoms. The third-order valence-electron chi connectivity index (χ3n) is 3.20. The second-order valence-electron chi connectivity index (χ2n) is 5.07. The molecule has 0 bridgehead atoms. The number of carbonyl (C=O) groups excluding carboxylic acids is 1. The summed E-state index contributed by atoms with van der Waals surface area (Å²) in [6.07, 6.45) is 0.959. The predicted octanol–water partition coefficient (Wildman–Crippen LogP) is 3.52. The van der Waals surface area contributed by atoms with E-state index in [1.54, 1.807) is 17.8 Å². The minimum atomic E-state index is 0.00873. The molecule has 0 aliphatic carbocycles. The van der Waals surface area contributed by atoms with E-state index >= 15 is 0 Å². The molecule has 6 heteroatoms. The van der Waals surface area contributed by atoms with Gasteiger partial charge in [-0.15, -0.1) is 11.8 Å². The number of halogens is 2. The monoisotopic (exact) mass is 332 g/mol. The number of hydrogen-bond acceptors (Lipinski definition) is 3. The summed E-state index contributed by atoms with van der Waals surface area (Å²) in [5, 5.41) is 1.25. The number of rotatable bonds is 5. The fraction of sp³-hybridized carbons (Fsp3) is 0.500. The van der Waals surface area contributed by atoms with Crippen LogP contribution < -0.4 is 0 Å². The average molecular weight is 333 g/mol. The quantitative estimate of drug-likeness (QED) is 0.824. The maximum Gasteiger partial charge on any atom is 0.233 e. The van der Waals surface area contributed by atoms with Crippen LogP contribution in [-0.2, 0) is 4.79 Å². The maximum atomic E-state index is 12.0. The molecule has 1 saturated heterocycles. The molecule has 1 atom stereocenters. The smallest absolute Gasteiger partial charge is 0.233 e. The van der Waals surface area contributed by atoms with Gasteiger partial charge in [0.15, 0.2) is 0 Å². The number of thioether (sulfide) groups is 1. The molecule has 0 aromatic heterocycles. The van der Waals surface area contributed by atoms with E-state index in [9.17, 15) is 4.79 Å². The van der Waals surface area contributed by atoms with Crippen LogP contribution in [0.1, 0.15) is 17.4 Å². The highest BCUT2D eigenvalue weighted by molar-refractivity contribution is 8.00. The number of amides is 1. The van der Waals surface area contributed by atoms with Crippen molar-refractivity contribution in [2.75, 3.05) is 32.9 Å². The molecule has 3 nitrogen and oxygen atoms in total. The van der Waals surface area contributed by atoms with Gasteiger partial charge in [-0.3, -0.25) is 4.79 Å². The van der Waals surface area contributed by atoms with E-state index in [1.165, 1.54) is 0 Å². The second kappa shape index (κ2) is 7.03. The summed E-state index contributed by atoms with van der Waals surface area (Å²) in [4.78, 5) is 16.1. The Balaban J connectivity index is 2.11. The molecule has 0 N–H and O–H groups in total. The molecule has 0 unspecified atom stereocenters. The largest absolute Gasteiger partial charge is 0.326 e. The fourth-order valence-corrected chi connectivity index (χ4v) is 4.04. The molecule has 2 rings (SSSR count). The Morgan fingerprint density at radius 1 is 1.40 bits per heavy atom. The van der Waals surface area contributed by atoms with Gasteiger partial charge in [0, 0.05) is 22.2 Å². The lowest BCUT2D eigenvalue weighted by molar-refractivity contribution is -0.128. The van der Waals surface area contributed by atoms with Crippen molar-refractivity contribution in [3.05, 3.63) is 33.8 Å². The van der Waals surface area contributed by atoms with Gasteiger partial charge in [0.25, 0.3) is 0 Å². The highest BCUT2D eigenvalue weighted by Gasteiger charge is 2.33.